The molecule has 2 aromatic heterocycles. The van der Waals surface area contributed by atoms with Crippen LogP contribution in [-0.4, -0.2) is 51.9 Å². The third-order valence-electron chi connectivity index (χ3n) is 3.91. The van der Waals surface area contributed by atoms with E-state index in [-0.39, 0.29) is 19.1 Å². The monoisotopic (exact) mass is 330 g/mol. The van der Waals surface area contributed by atoms with Crippen molar-refractivity contribution in [3.8, 4) is 0 Å². The van der Waals surface area contributed by atoms with Crippen molar-refractivity contribution in [2.45, 2.75) is 20.0 Å². The van der Waals surface area contributed by atoms with Gasteiger partial charge < -0.3 is 14.8 Å². The Balaban J connectivity index is 1.62. The molecule has 2 aromatic rings. The second-order valence-corrected chi connectivity index (χ2v) is 5.94. The number of carbonyl (C=O) groups is 1. The van der Waals surface area contributed by atoms with Crippen LogP contribution in [0, 0.1) is 0 Å². The van der Waals surface area contributed by atoms with E-state index < -0.39 is 0 Å². The van der Waals surface area contributed by atoms with E-state index in [1.165, 1.54) is 5.57 Å². The Kier molecular flexibility index (Phi) is 5.12. The summed E-state index contributed by atoms with van der Waals surface area (Å²) >= 11 is 0. The highest BCUT2D eigenvalue weighted by Gasteiger charge is 2.20. The van der Waals surface area contributed by atoms with Gasteiger partial charge in [-0.1, -0.05) is 5.57 Å². The van der Waals surface area contributed by atoms with Gasteiger partial charge in [0.1, 0.15) is 11.5 Å². The highest BCUT2D eigenvalue weighted by Crippen LogP contribution is 2.16. The molecular formula is C17H22N4O3. The second kappa shape index (κ2) is 7.46. The molecule has 0 aromatic carbocycles. The van der Waals surface area contributed by atoms with Gasteiger partial charge in [-0.3, -0.25) is 14.4 Å². The molecule has 7 nitrogen and oxygen atoms in total. The lowest BCUT2D eigenvalue weighted by atomic mass is 10.2. The molecule has 0 fully saturated rings. The maximum Gasteiger partial charge on any atom is 0.271 e. The standard InChI is InChI=1S/C17H22N4O3/c1-13(9-15-3-2-8-24-15)11-20-5-6-21-14(12-20)10-16(19-21)17(23)18-4-7-22/h2-3,8-10,22H,4-7,11-12H2,1H3,(H,18,23)/b13-9+. The zero-order valence-electron chi connectivity index (χ0n) is 13.7. The molecule has 0 bridgehead atoms. The molecule has 0 radical (unpaired) electrons. The van der Waals surface area contributed by atoms with E-state index in [0.29, 0.717) is 5.69 Å². The van der Waals surface area contributed by atoms with Crippen LogP contribution in [0.25, 0.3) is 6.08 Å². The number of hydrogen-bond acceptors (Lipinski definition) is 5. The van der Waals surface area contributed by atoms with Gasteiger partial charge in [0.2, 0.25) is 0 Å². The topological polar surface area (TPSA) is 83.5 Å². The third-order valence-corrected chi connectivity index (χ3v) is 3.91. The van der Waals surface area contributed by atoms with Gasteiger partial charge in [0.05, 0.1) is 25.1 Å². The lowest BCUT2D eigenvalue weighted by molar-refractivity contribution is 0.0938. The van der Waals surface area contributed by atoms with E-state index in [0.717, 1.165) is 37.6 Å². The Hall–Kier alpha value is -2.38. The van der Waals surface area contributed by atoms with Gasteiger partial charge in [-0.25, -0.2) is 0 Å². The van der Waals surface area contributed by atoms with Crippen molar-refractivity contribution in [3.05, 3.63) is 47.2 Å². The number of carbonyl (C=O) groups excluding carboxylic acids is 1. The molecular weight excluding hydrogens is 308 g/mol. The van der Waals surface area contributed by atoms with Crippen LogP contribution >= 0.6 is 0 Å². The highest BCUT2D eigenvalue weighted by atomic mass is 16.3. The Morgan fingerprint density at radius 1 is 1.50 bits per heavy atom. The van der Waals surface area contributed by atoms with Crippen LogP contribution in [0.3, 0.4) is 0 Å². The van der Waals surface area contributed by atoms with Gasteiger partial charge in [0.25, 0.3) is 5.91 Å². The Labute approximate surface area is 140 Å². The van der Waals surface area contributed by atoms with Crippen molar-refractivity contribution in [3.63, 3.8) is 0 Å². The van der Waals surface area contributed by atoms with Crippen LogP contribution in [0.5, 0.6) is 0 Å². The van der Waals surface area contributed by atoms with E-state index in [1.807, 2.05) is 29.0 Å². The summed E-state index contributed by atoms with van der Waals surface area (Å²) in [6.45, 7) is 5.49. The Morgan fingerprint density at radius 2 is 2.38 bits per heavy atom. The zero-order valence-corrected chi connectivity index (χ0v) is 13.7. The molecule has 0 spiro atoms. The van der Waals surface area contributed by atoms with Crippen LogP contribution < -0.4 is 5.32 Å². The second-order valence-electron chi connectivity index (χ2n) is 5.94. The number of nitrogens with one attached hydrogen (secondary N) is 1. The number of aromatic nitrogens is 2. The average Bonchev–Trinajstić information content (AvgIpc) is 3.21. The van der Waals surface area contributed by atoms with Gasteiger partial charge in [0, 0.05) is 26.2 Å². The molecule has 2 N–H and O–H groups in total. The lowest BCUT2D eigenvalue weighted by Gasteiger charge is -2.27. The summed E-state index contributed by atoms with van der Waals surface area (Å²) in [7, 11) is 0. The average molecular weight is 330 g/mol. The summed E-state index contributed by atoms with van der Waals surface area (Å²) in [6, 6.07) is 5.64. The fourth-order valence-corrected chi connectivity index (χ4v) is 2.84. The molecule has 7 heteroatoms. The van der Waals surface area contributed by atoms with Crippen molar-refractivity contribution in [2.24, 2.45) is 0 Å². The molecule has 1 amide bonds. The summed E-state index contributed by atoms with van der Waals surface area (Å²) in [5.74, 6) is 0.615. The Bertz CT molecular complexity index is 718. The number of furan rings is 1. The van der Waals surface area contributed by atoms with Gasteiger partial charge in [0.15, 0.2) is 0 Å². The number of hydrogen-bond donors (Lipinski definition) is 2. The summed E-state index contributed by atoms with van der Waals surface area (Å²) in [6.07, 6.45) is 3.71. The predicted octanol–water partition coefficient (Wildman–Crippen LogP) is 1.12. The van der Waals surface area contributed by atoms with Crippen molar-refractivity contribution in [1.29, 1.82) is 0 Å². The fourth-order valence-electron chi connectivity index (χ4n) is 2.84. The molecule has 3 rings (SSSR count). The molecule has 24 heavy (non-hydrogen) atoms. The summed E-state index contributed by atoms with van der Waals surface area (Å²) in [4.78, 5) is 14.2. The van der Waals surface area contributed by atoms with Gasteiger partial charge in [-0.2, -0.15) is 5.10 Å². The number of aliphatic hydroxyl groups excluding tert-OH is 1. The van der Waals surface area contributed by atoms with Crippen LogP contribution in [-0.2, 0) is 13.1 Å². The molecule has 1 aliphatic rings. The SMILES string of the molecule is C/C(=C\c1ccco1)CN1CCn2nc(C(=O)NCCO)cc2C1. The van der Waals surface area contributed by atoms with Crippen LogP contribution in [0.2, 0.25) is 0 Å². The van der Waals surface area contributed by atoms with Gasteiger partial charge in [-0.05, 0) is 31.2 Å². The predicted molar refractivity (Wildman–Crippen MR) is 89.3 cm³/mol. The van der Waals surface area contributed by atoms with Crippen molar-refractivity contribution in [1.82, 2.24) is 20.0 Å². The van der Waals surface area contributed by atoms with E-state index >= 15 is 0 Å². The minimum atomic E-state index is -0.244. The maximum absolute atomic E-state index is 11.9. The minimum absolute atomic E-state index is 0.0750. The molecule has 0 saturated carbocycles. The van der Waals surface area contributed by atoms with Crippen LogP contribution in [0.4, 0.5) is 0 Å². The maximum atomic E-state index is 11.9. The zero-order chi connectivity index (χ0) is 16.9. The molecule has 128 valence electrons. The van der Waals surface area contributed by atoms with E-state index in [1.54, 1.807) is 6.26 Å². The first kappa shape index (κ1) is 16.5. The number of rotatable bonds is 6. The Morgan fingerprint density at radius 3 is 3.12 bits per heavy atom. The molecule has 0 unspecified atom stereocenters. The largest absolute Gasteiger partial charge is 0.465 e. The van der Waals surface area contributed by atoms with Crippen molar-refractivity contribution in [2.75, 3.05) is 26.2 Å². The number of nitrogens with zero attached hydrogens (tertiary/aromatic N) is 3. The lowest BCUT2D eigenvalue weighted by Crippen LogP contribution is -2.34. The quantitative estimate of drug-likeness (QED) is 0.829. The summed E-state index contributed by atoms with van der Waals surface area (Å²) < 4.78 is 7.23. The third kappa shape index (κ3) is 3.93. The van der Waals surface area contributed by atoms with E-state index in [9.17, 15) is 4.79 Å². The van der Waals surface area contributed by atoms with E-state index in [2.05, 4.69) is 22.2 Å². The molecule has 3 heterocycles. The van der Waals surface area contributed by atoms with Gasteiger partial charge in [-0.15, -0.1) is 0 Å². The van der Waals surface area contributed by atoms with Gasteiger partial charge >= 0.3 is 0 Å². The first-order chi connectivity index (χ1) is 11.7. The molecule has 1 aliphatic heterocycles. The number of amides is 1. The molecule has 0 atom stereocenters. The molecule has 0 saturated heterocycles. The van der Waals surface area contributed by atoms with Crippen LogP contribution in [0.1, 0.15) is 28.9 Å². The van der Waals surface area contributed by atoms with Crippen LogP contribution in [0.15, 0.2) is 34.5 Å². The smallest absolute Gasteiger partial charge is 0.271 e. The summed E-state index contributed by atoms with van der Waals surface area (Å²) in [5, 5.41) is 15.7. The fraction of sp³-hybridized carbons (Fsp3) is 0.412. The molecule has 0 aliphatic carbocycles. The minimum Gasteiger partial charge on any atom is -0.465 e. The van der Waals surface area contributed by atoms with Crippen molar-refractivity contribution >= 4 is 12.0 Å². The number of fused-ring (bicyclic) bond motifs is 1. The van der Waals surface area contributed by atoms with E-state index in [4.69, 9.17) is 9.52 Å². The normalized spacial score (nSPS) is 15.3. The summed E-state index contributed by atoms with van der Waals surface area (Å²) in [5.41, 5.74) is 2.66. The first-order valence-corrected chi connectivity index (χ1v) is 8.04. The van der Waals surface area contributed by atoms with Crippen molar-refractivity contribution < 1.29 is 14.3 Å². The first-order valence-electron chi connectivity index (χ1n) is 8.04. The highest BCUT2D eigenvalue weighted by molar-refractivity contribution is 5.92. The number of aliphatic hydroxyl groups is 1.